The average molecular weight is 353 g/mol. The van der Waals surface area contributed by atoms with E-state index in [1.54, 1.807) is 0 Å². The summed E-state index contributed by atoms with van der Waals surface area (Å²) >= 11 is 4.93. The summed E-state index contributed by atoms with van der Waals surface area (Å²) in [5, 5.41) is 6.02. The summed E-state index contributed by atoms with van der Waals surface area (Å²) in [4.78, 5) is 13.9. The lowest BCUT2D eigenvalue weighted by molar-refractivity contribution is 0.0954. The van der Waals surface area contributed by atoms with Crippen LogP contribution in [0.4, 0.5) is 0 Å². The zero-order valence-electron chi connectivity index (χ0n) is 11.4. The summed E-state index contributed by atoms with van der Waals surface area (Å²) in [5.41, 5.74) is 1.13. The number of carbonyl (C=O) groups excluding carboxylic acids is 1. The molecule has 0 bridgehead atoms. The Morgan fingerprint density at radius 1 is 1.25 bits per heavy atom. The maximum Gasteiger partial charge on any atom is 0.261 e. The van der Waals surface area contributed by atoms with Crippen LogP contribution in [-0.4, -0.2) is 25.5 Å². The van der Waals surface area contributed by atoms with Crippen molar-refractivity contribution in [3.05, 3.63) is 45.7 Å². The minimum Gasteiger partial charge on any atom is -0.350 e. The van der Waals surface area contributed by atoms with Crippen LogP contribution in [0.1, 0.15) is 16.6 Å². The van der Waals surface area contributed by atoms with Crippen LogP contribution in [0.2, 0.25) is 0 Å². The third-order valence-corrected chi connectivity index (χ3v) is 4.68. The number of benzene rings is 1. The second-order valence-corrected chi connectivity index (χ2v) is 6.57. The molecule has 0 saturated heterocycles. The Labute approximate surface area is 131 Å². The lowest BCUT2D eigenvalue weighted by Crippen LogP contribution is -2.36. The molecule has 106 valence electrons. The van der Waals surface area contributed by atoms with Crippen molar-refractivity contribution in [2.75, 3.05) is 13.6 Å². The highest BCUT2D eigenvalue weighted by Gasteiger charge is 2.10. The Balaban J connectivity index is 2.05. The van der Waals surface area contributed by atoms with E-state index >= 15 is 0 Å². The molecule has 2 aromatic rings. The molecular formula is C15H17BrN2OS. The predicted octanol–water partition coefficient (Wildman–Crippen LogP) is 3.52. The molecule has 0 radical (unpaired) electrons. The molecule has 0 spiro atoms. The molecule has 0 aliphatic carbocycles. The zero-order valence-corrected chi connectivity index (χ0v) is 13.8. The first-order valence-electron chi connectivity index (χ1n) is 6.41. The molecule has 1 heterocycles. The van der Waals surface area contributed by atoms with Crippen LogP contribution in [0.3, 0.4) is 0 Å². The van der Waals surface area contributed by atoms with E-state index in [2.05, 4.69) is 26.6 Å². The largest absolute Gasteiger partial charge is 0.350 e. The molecule has 0 aliphatic heterocycles. The van der Waals surface area contributed by atoms with Gasteiger partial charge in [0, 0.05) is 21.9 Å². The summed E-state index contributed by atoms with van der Waals surface area (Å²) < 4.78 is 1.05. The minimum atomic E-state index is -0.0135. The monoisotopic (exact) mass is 352 g/mol. The van der Waals surface area contributed by atoms with Gasteiger partial charge in [0.25, 0.3) is 5.91 Å². The Morgan fingerprint density at radius 2 is 1.95 bits per heavy atom. The van der Waals surface area contributed by atoms with E-state index in [1.807, 2.05) is 50.4 Å². The molecule has 1 unspecified atom stereocenters. The Kier molecular flexibility index (Phi) is 5.34. The van der Waals surface area contributed by atoms with Crippen LogP contribution >= 0.6 is 27.3 Å². The molecular weight excluding hydrogens is 336 g/mol. The van der Waals surface area contributed by atoms with Crippen molar-refractivity contribution in [2.45, 2.75) is 13.0 Å². The second-order valence-electron chi connectivity index (χ2n) is 4.57. The van der Waals surface area contributed by atoms with Crippen molar-refractivity contribution in [1.29, 1.82) is 0 Å². The lowest BCUT2D eigenvalue weighted by atomic mass is 10.2. The van der Waals surface area contributed by atoms with Gasteiger partial charge in [-0.25, -0.2) is 0 Å². The molecule has 1 aromatic heterocycles. The topological polar surface area (TPSA) is 41.1 Å². The average Bonchev–Trinajstić information content (AvgIpc) is 2.95. The number of amides is 1. The quantitative estimate of drug-likeness (QED) is 0.864. The normalized spacial score (nSPS) is 12.2. The number of hydrogen-bond acceptors (Lipinski definition) is 3. The van der Waals surface area contributed by atoms with Crippen LogP contribution in [0.25, 0.3) is 10.4 Å². The highest BCUT2D eigenvalue weighted by molar-refractivity contribution is 9.10. The van der Waals surface area contributed by atoms with E-state index in [0.717, 1.165) is 19.8 Å². The molecule has 0 fully saturated rings. The fourth-order valence-corrected chi connectivity index (χ4v) is 2.86. The summed E-state index contributed by atoms with van der Waals surface area (Å²) in [6.45, 7) is 2.66. The number of likely N-dealkylation sites (N-methyl/N-ethyl adjacent to an activating group) is 1. The molecule has 2 N–H and O–H groups in total. The molecule has 0 saturated carbocycles. The standard InChI is InChI=1S/C15H17BrN2OS/c1-10(17-2)9-18-15(19)14-8-7-13(20-14)11-3-5-12(16)6-4-11/h3-8,10,17H,9H2,1-2H3,(H,18,19). The van der Waals surface area contributed by atoms with Gasteiger partial charge < -0.3 is 10.6 Å². The summed E-state index contributed by atoms with van der Waals surface area (Å²) in [6.07, 6.45) is 0. The van der Waals surface area contributed by atoms with Gasteiger partial charge in [0.2, 0.25) is 0 Å². The van der Waals surface area contributed by atoms with Crippen molar-refractivity contribution >= 4 is 33.2 Å². The van der Waals surface area contributed by atoms with Gasteiger partial charge in [-0.1, -0.05) is 28.1 Å². The smallest absolute Gasteiger partial charge is 0.261 e. The van der Waals surface area contributed by atoms with Crippen molar-refractivity contribution in [3.63, 3.8) is 0 Å². The first-order chi connectivity index (χ1) is 9.60. The van der Waals surface area contributed by atoms with Crippen molar-refractivity contribution in [2.24, 2.45) is 0 Å². The van der Waals surface area contributed by atoms with Gasteiger partial charge in [0.1, 0.15) is 0 Å². The van der Waals surface area contributed by atoms with Crippen molar-refractivity contribution < 1.29 is 4.79 Å². The molecule has 1 atom stereocenters. The molecule has 3 nitrogen and oxygen atoms in total. The number of hydrogen-bond donors (Lipinski definition) is 2. The fraction of sp³-hybridized carbons (Fsp3) is 0.267. The Morgan fingerprint density at radius 3 is 2.60 bits per heavy atom. The van der Waals surface area contributed by atoms with Crippen LogP contribution in [0.15, 0.2) is 40.9 Å². The van der Waals surface area contributed by atoms with E-state index in [9.17, 15) is 4.79 Å². The second kappa shape index (κ2) is 7.02. The number of halogens is 1. The van der Waals surface area contributed by atoms with Gasteiger partial charge in [0.15, 0.2) is 0 Å². The van der Waals surface area contributed by atoms with E-state index in [1.165, 1.54) is 11.3 Å². The third kappa shape index (κ3) is 3.91. The highest BCUT2D eigenvalue weighted by atomic mass is 79.9. The maximum absolute atomic E-state index is 12.0. The number of carbonyl (C=O) groups is 1. The zero-order chi connectivity index (χ0) is 14.5. The molecule has 0 aliphatic rings. The lowest BCUT2D eigenvalue weighted by Gasteiger charge is -2.10. The van der Waals surface area contributed by atoms with Gasteiger partial charge >= 0.3 is 0 Å². The van der Waals surface area contributed by atoms with E-state index in [0.29, 0.717) is 6.54 Å². The van der Waals surface area contributed by atoms with E-state index in [4.69, 9.17) is 0 Å². The van der Waals surface area contributed by atoms with E-state index in [-0.39, 0.29) is 11.9 Å². The molecule has 20 heavy (non-hydrogen) atoms. The van der Waals surface area contributed by atoms with E-state index < -0.39 is 0 Å². The minimum absolute atomic E-state index is 0.0135. The number of thiophene rings is 1. The molecule has 1 amide bonds. The molecule has 2 rings (SSSR count). The first-order valence-corrected chi connectivity index (χ1v) is 8.02. The SMILES string of the molecule is CNC(C)CNC(=O)c1ccc(-c2ccc(Br)cc2)s1. The first kappa shape index (κ1) is 15.2. The summed E-state index contributed by atoms with van der Waals surface area (Å²) in [7, 11) is 1.88. The van der Waals surface area contributed by atoms with Gasteiger partial charge in [-0.15, -0.1) is 11.3 Å². The van der Waals surface area contributed by atoms with Gasteiger partial charge in [-0.05, 0) is 43.8 Å². The van der Waals surface area contributed by atoms with Crippen molar-refractivity contribution in [1.82, 2.24) is 10.6 Å². The van der Waals surface area contributed by atoms with Crippen LogP contribution < -0.4 is 10.6 Å². The predicted molar refractivity (Wildman–Crippen MR) is 88.3 cm³/mol. The molecule has 1 aromatic carbocycles. The highest BCUT2D eigenvalue weighted by Crippen LogP contribution is 2.29. The number of nitrogens with one attached hydrogen (secondary N) is 2. The maximum atomic E-state index is 12.0. The number of rotatable bonds is 5. The molecule has 5 heteroatoms. The van der Waals surface area contributed by atoms with Gasteiger partial charge in [0.05, 0.1) is 4.88 Å². The van der Waals surface area contributed by atoms with Gasteiger partial charge in [-0.2, -0.15) is 0 Å². The van der Waals surface area contributed by atoms with Crippen LogP contribution in [0.5, 0.6) is 0 Å². The van der Waals surface area contributed by atoms with Gasteiger partial charge in [-0.3, -0.25) is 4.79 Å². The third-order valence-electron chi connectivity index (χ3n) is 3.02. The van der Waals surface area contributed by atoms with Crippen LogP contribution in [-0.2, 0) is 0 Å². The Hall–Kier alpha value is -1.17. The fourth-order valence-electron chi connectivity index (χ4n) is 1.66. The van der Waals surface area contributed by atoms with Crippen LogP contribution in [0, 0.1) is 0 Å². The van der Waals surface area contributed by atoms with Crippen molar-refractivity contribution in [3.8, 4) is 10.4 Å². The Bertz CT molecular complexity index is 580. The summed E-state index contributed by atoms with van der Waals surface area (Å²) in [5.74, 6) is -0.0135. The summed E-state index contributed by atoms with van der Waals surface area (Å²) in [6, 6.07) is 12.2.